The fourth-order valence-electron chi connectivity index (χ4n) is 2.22. The molecule has 2 aromatic carbocycles. The van der Waals surface area contributed by atoms with Gasteiger partial charge < -0.3 is 10.4 Å². The van der Waals surface area contributed by atoms with Crippen LogP contribution in [0.5, 0.6) is 5.75 Å². The molecule has 0 fully saturated rings. The number of anilines is 2. The van der Waals surface area contributed by atoms with Crippen LogP contribution in [0.4, 0.5) is 11.6 Å². The van der Waals surface area contributed by atoms with Gasteiger partial charge in [0.25, 0.3) is 0 Å². The molecule has 0 unspecified atom stereocenters. The van der Waals surface area contributed by atoms with Crippen molar-refractivity contribution in [3.05, 3.63) is 48.7 Å². The second-order valence-electron chi connectivity index (χ2n) is 4.85. The third-order valence-corrected chi connectivity index (χ3v) is 3.32. The number of aromatic amines is 2. The third-order valence-electron chi connectivity index (χ3n) is 3.32. The van der Waals surface area contributed by atoms with Crippen molar-refractivity contribution >= 4 is 22.5 Å². The van der Waals surface area contributed by atoms with E-state index in [2.05, 4.69) is 30.7 Å². The van der Waals surface area contributed by atoms with Crippen LogP contribution in [0.2, 0.25) is 0 Å². The zero-order chi connectivity index (χ0) is 14.9. The molecule has 0 atom stereocenters. The van der Waals surface area contributed by atoms with E-state index in [1.165, 1.54) is 0 Å². The molecule has 0 aliphatic heterocycles. The minimum Gasteiger partial charge on any atom is -0.508 e. The molecule has 0 radical (unpaired) electrons. The number of hydrogen-bond acceptors (Lipinski definition) is 5. The Bertz CT molecular complexity index is 925. The lowest BCUT2D eigenvalue weighted by Crippen LogP contribution is -1.92. The Morgan fingerprint density at radius 2 is 1.86 bits per heavy atom. The molecule has 0 bridgehead atoms. The van der Waals surface area contributed by atoms with Gasteiger partial charge in [0.1, 0.15) is 5.75 Å². The number of nitrogens with zero attached hydrogens (tertiary/aromatic N) is 3. The van der Waals surface area contributed by atoms with E-state index in [1.807, 2.05) is 18.2 Å². The zero-order valence-electron chi connectivity index (χ0n) is 11.4. The number of aromatic hydroxyl groups is 1. The largest absolute Gasteiger partial charge is 0.508 e. The van der Waals surface area contributed by atoms with E-state index in [1.54, 1.807) is 30.5 Å². The number of benzene rings is 2. The van der Waals surface area contributed by atoms with Gasteiger partial charge in [-0.25, -0.2) is 0 Å². The molecule has 4 rings (SSSR count). The van der Waals surface area contributed by atoms with Gasteiger partial charge in [-0.1, -0.05) is 0 Å². The summed E-state index contributed by atoms with van der Waals surface area (Å²) in [5.41, 5.74) is 2.71. The Morgan fingerprint density at radius 3 is 2.73 bits per heavy atom. The van der Waals surface area contributed by atoms with Crippen molar-refractivity contribution in [3.63, 3.8) is 0 Å². The molecular weight excluding hydrogens is 280 g/mol. The predicted octanol–water partition coefficient (Wildman–Crippen LogP) is 2.80. The summed E-state index contributed by atoms with van der Waals surface area (Å²) >= 11 is 0. The number of nitrogens with one attached hydrogen (secondary N) is 3. The summed E-state index contributed by atoms with van der Waals surface area (Å²) in [6.45, 7) is 0. The summed E-state index contributed by atoms with van der Waals surface area (Å²) in [5, 5.41) is 27.4. The van der Waals surface area contributed by atoms with Gasteiger partial charge in [0, 0.05) is 16.6 Å². The number of aromatic nitrogens is 5. The quantitative estimate of drug-likeness (QED) is 0.465. The minimum absolute atomic E-state index is 0.218. The summed E-state index contributed by atoms with van der Waals surface area (Å²) in [6.07, 6.45) is 1.76. The van der Waals surface area contributed by atoms with Crippen LogP contribution in [0.25, 0.3) is 22.3 Å². The highest BCUT2D eigenvalue weighted by atomic mass is 16.3. The average molecular weight is 292 g/mol. The van der Waals surface area contributed by atoms with Crippen LogP contribution in [-0.2, 0) is 0 Å². The second kappa shape index (κ2) is 4.88. The van der Waals surface area contributed by atoms with Gasteiger partial charge in [0.05, 0.1) is 11.7 Å². The minimum atomic E-state index is 0.218. The Labute approximate surface area is 125 Å². The number of rotatable bonds is 3. The number of H-pyrrole nitrogens is 2. The van der Waals surface area contributed by atoms with E-state index >= 15 is 0 Å². The molecule has 0 saturated carbocycles. The van der Waals surface area contributed by atoms with Gasteiger partial charge in [0.15, 0.2) is 5.82 Å². The van der Waals surface area contributed by atoms with Crippen molar-refractivity contribution in [1.82, 2.24) is 25.4 Å². The van der Waals surface area contributed by atoms with Gasteiger partial charge in [-0.15, -0.1) is 5.10 Å². The topological polar surface area (TPSA) is 103 Å². The summed E-state index contributed by atoms with van der Waals surface area (Å²) < 4.78 is 0. The van der Waals surface area contributed by atoms with Gasteiger partial charge in [-0.2, -0.15) is 10.1 Å². The molecule has 4 N–H and O–H groups in total. The first-order valence-corrected chi connectivity index (χ1v) is 6.70. The normalized spacial score (nSPS) is 10.9. The maximum absolute atomic E-state index is 9.31. The SMILES string of the molecule is Oc1ccc(-c2nc(Nc3ccc4[nH]ncc4c3)n[nH]2)cc1. The molecule has 108 valence electrons. The summed E-state index contributed by atoms with van der Waals surface area (Å²) in [6, 6.07) is 12.6. The smallest absolute Gasteiger partial charge is 0.246 e. The Morgan fingerprint density at radius 1 is 1.00 bits per heavy atom. The lowest BCUT2D eigenvalue weighted by Gasteiger charge is -2.01. The van der Waals surface area contributed by atoms with Crippen LogP contribution < -0.4 is 5.32 Å². The Kier molecular flexibility index (Phi) is 2.75. The van der Waals surface area contributed by atoms with Gasteiger partial charge in [-0.3, -0.25) is 10.2 Å². The van der Waals surface area contributed by atoms with Crippen molar-refractivity contribution in [2.75, 3.05) is 5.32 Å². The maximum Gasteiger partial charge on any atom is 0.246 e. The molecule has 0 spiro atoms. The fraction of sp³-hybridized carbons (Fsp3) is 0. The van der Waals surface area contributed by atoms with Crippen molar-refractivity contribution in [2.45, 2.75) is 0 Å². The van der Waals surface area contributed by atoms with E-state index in [0.717, 1.165) is 22.2 Å². The molecular formula is C15H12N6O. The monoisotopic (exact) mass is 292 g/mol. The fourth-order valence-corrected chi connectivity index (χ4v) is 2.22. The van der Waals surface area contributed by atoms with Crippen molar-refractivity contribution in [2.24, 2.45) is 0 Å². The number of phenols is 1. The lowest BCUT2D eigenvalue weighted by molar-refractivity contribution is 0.475. The molecule has 0 saturated heterocycles. The van der Waals surface area contributed by atoms with Crippen LogP contribution in [0.3, 0.4) is 0 Å². The summed E-state index contributed by atoms with van der Waals surface area (Å²) in [4.78, 5) is 4.39. The first kappa shape index (κ1) is 12.4. The first-order valence-electron chi connectivity index (χ1n) is 6.70. The number of hydrogen-bond donors (Lipinski definition) is 4. The number of phenolic OH excluding ortho intramolecular Hbond substituents is 1. The van der Waals surface area contributed by atoms with Crippen LogP contribution >= 0.6 is 0 Å². The Hall–Kier alpha value is -3.35. The molecule has 2 heterocycles. The highest BCUT2D eigenvalue weighted by Gasteiger charge is 2.06. The highest BCUT2D eigenvalue weighted by molar-refractivity contribution is 5.82. The molecule has 0 amide bonds. The predicted molar refractivity (Wildman–Crippen MR) is 82.9 cm³/mol. The third kappa shape index (κ3) is 2.24. The molecule has 22 heavy (non-hydrogen) atoms. The van der Waals surface area contributed by atoms with Gasteiger partial charge in [0.2, 0.25) is 5.95 Å². The highest BCUT2D eigenvalue weighted by Crippen LogP contribution is 2.22. The van der Waals surface area contributed by atoms with E-state index in [-0.39, 0.29) is 5.75 Å². The Balaban J connectivity index is 1.59. The van der Waals surface area contributed by atoms with Crippen molar-refractivity contribution in [1.29, 1.82) is 0 Å². The lowest BCUT2D eigenvalue weighted by atomic mass is 10.2. The van der Waals surface area contributed by atoms with Crippen LogP contribution in [0.1, 0.15) is 0 Å². The first-order chi connectivity index (χ1) is 10.8. The van der Waals surface area contributed by atoms with Crippen LogP contribution in [0, 0.1) is 0 Å². The van der Waals surface area contributed by atoms with Gasteiger partial charge >= 0.3 is 0 Å². The molecule has 0 aliphatic carbocycles. The molecule has 4 aromatic rings. The van der Waals surface area contributed by atoms with E-state index in [0.29, 0.717) is 11.8 Å². The summed E-state index contributed by atoms with van der Waals surface area (Å²) in [7, 11) is 0. The molecule has 7 nitrogen and oxygen atoms in total. The zero-order valence-corrected chi connectivity index (χ0v) is 11.4. The molecule has 2 aromatic heterocycles. The van der Waals surface area contributed by atoms with E-state index in [9.17, 15) is 5.11 Å². The van der Waals surface area contributed by atoms with Crippen LogP contribution in [0.15, 0.2) is 48.7 Å². The number of fused-ring (bicyclic) bond motifs is 1. The molecule has 7 heteroatoms. The molecule has 0 aliphatic rings. The second-order valence-corrected chi connectivity index (χ2v) is 4.85. The van der Waals surface area contributed by atoms with Gasteiger partial charge in [-0.05, 0) is 42.5 Å². The average Bonchev–Trinajstić information content (AvgIpc) is 3.17. The standard InChI is InChI=1S/C15H12N6O/c22-12-4-1-9(2-5-12)14-18-15(21-20-14)17-11-3-6-13-10(7-11)8-16-19-13/h1-8,22H,(H,16,19)(H2,17,18,20,21). The van der Waals surface area contributed by atoms with Crippen molar-refractivity contribution in [3.8, 4) is 17.1 Å². The van der Waals surface area contributed by atoms with Crippen LogP contribution in [-0.4, -0.2) is 30.5 Å². The van der Waals surface area contributed by atoms with Crippen molar-refractivity contribution < 1.29 is 5.11 Å². The van der Waals surface area contributed by atoms with E-state index in [4.69, 9.17) is 0 Å². The summed E-state index contributed by atoms with van der Waals surface area (Å²) in [5.74, 6) is 1.33. The maximum atomic E-state index is 9.31. The van der Waals surface area contributed by atoms with E-state index < -0.39 is 0 Å².